The maximum absolute atomic E-state index is 4.12. The molecule has 3 aromatic rings. The van der Waals surface area contributed by atoms with Gasteiger partial charge in [0, 0.05) is 30.4 Å². The van der Waals surface area contributed by atoms with Crippen LogP contribution in [0.4, 0.5) is 0 Å². The van der Waals surface area contributed by atoms with Gasteiger partial charge in [-0.3, -0.25) is 9.97 Å². The summed E-state index contributed by atoms with van der Waals surface area (Å²) in [5.41, 5.74) is 6.17. The maximum Gasteiger partial charge on any atom is 0.104 e. The summed E-state index contributed by atoms with van der Waals surface area (Å²) in [5, 5.41) is 0. The highest BCUT2D eigenvalue weighted by Gasteiger charge is 2.12. The zero-order valence-corrected chi connectivity index (χ0v) is 13.9. The molecular weight excluding hydrogens is 282 g/mol. The molecule has 3 rings (SSSR count). The maximum atomic E-state index is 4.12. The van der Waals surface area contributed by atoms with E-state index in [0.29, 0.717) is 0 Å². The molecule has 2 heterocycles. The molecule has 0 aliphatic carbocycles. The quantitative estimate of drug-likeness (QED) is 0.680. The van der Waals surface area contributed by atoms with Crippen molar-refractivity contribution >= 4 is 0 Å². The van der Waals surface area contributed by atoms with Gasteiger partial charge in [-0.2, -0.15) is 0 Å². The number of hydrogen-bond acceptors (Lipinski definition) is 2. The zero-order chi connectivity index (χ0) is 16.3. The lowest BCUT2D eigenvalue weighted by Crippen LogP contribution is -2.33. The summed E-state index contributed by atoms with van der Waals surface area (Å²) < 4.78 is 0.898. The van der Waals surface area contributed by atoms with Gasteiger partial charge in [-0.1, -0.05) is 0 Å². The third-order valence-corrected chi connectivity index (χ3v) is 3.68. The van der Waals surface area contributed by atoms with E-state index < -0.39 is 0 Å². The molecule has 0 aliphatic rings. The minimum Gasteiger partial charge on any atom is -0.327 e. The molecule has 0 aliphatic heterocycles. The minimum absolute atomic E-state index is 0.898. The van der Waals surface area contributed by atoms with Gasteiger partial charge in [0.15, 0.2) is 0 Å². The van der Waals surface area contributed by atoms with E-state index in [2.05, 4.69) is 73.6 Å². The van der Waals surface area contributed by atoms with E-state index in [0.717, 1.165) is 11.0 Å². The second-order valence-electron chi connectivity index (χ2n) is 6.84. The normalized spacial score (nSPS) is 11.4. The van der Waals surface area contributed by atoms with Crippen molar-refractivity contribution in [1.82, 2.24) is 9.97 Å². The van der Waals surface area contributed by atoms with Crippen LogP contribution in [0.15, 0.2) is 67.3 Å². The Balaban J connectivity index is 2.11. The van der Waals surface area contributed by atoms with Gasteiger partial charge in [0.1, 0.15) is 6.54 Å². The van der Waals surface area contributed by atoms with Gasteiger partial charge in [-0.05, 0) is 64.7 Å². The number of hydrogen-bond donors (Lipinski definition) is 0. The fourth-order valence-corrected chi connectivity index (χ4v) is 2.75. The molecule has 0 saturated carbocycles. The number of nitrogens with zero attached hydrogens (tertiary/aromatic N) is 3. The zero-order valence-electron chi connectivity index (χ0n) is 13.9. The predicted molar refractivity (Wildman–Crippen MR) is 94.6 cm³/mol. The molecule has 0 amide bonds. The van der Waals surface area contributed by atoms with Crippen molar-refractivity contribution in [3.8, 4) is 22.3 Å². The highest BCUT2D eigenvalue weighted by molar-refractivity contribution is 5.73. The largest absolute Gasteiger partial charge is 0.327 e. The van der Waals surface area contributed by atoms with Gasteiger partial charge >= 0.3 is 0 Å². The number of pyridine rings is 2. The van der Waals surface area contributed by atoms with Crippen LogP contribution in [0.25, 0.3) is 22.3 Å². The second kappa shape index (κ2) is 6.31. The van der Waals surface area contributed by atoms with Crippen LogP contribution in [0.2, 0.25) is 0 Å². The van der Waals surface area contributed by atoms with Crippen LogP contribution >= 0.6 is 0 Å². The highest BCUT2D eigenvalue weighted by atomic mass is 15.3. The average molecular weight is 304 g/mol. The van der Waals surface area contributed by atoms with Crippen molar-refractivity contribution in [2.75, 3.05) is 21.1 Å². The van der Waals surface area contributed by atoms with Crippen LogP contribution in [0.3, 0.4) is 0 Å². The molecule has 0 fully saturated rings. The van der Waals surface area contributed by atoms with Crippen molar-refractivity contribution in [2.45, 2.75) is 6.54 Å². The van der Waals surface area contributed by atoms with Crippen molar-refractivity contribution in [2.24, 2.45) is 0 Å². The van der Waals surface area contributed by atoms with E-state index in [-0.39, 0.29) is 0 Å². The smallest absolute Gasteiger partial charge is 0.104 e. The standard InChI is InChI=1S/C20H22N3/c1-23(2,3)15-16-12-19(17-4-8-21-9-5-17)14-20(13-16)18-6-10-22-11-7-18/h4-14H,15H2,1-3H3/q+1. The molecule has 0 unspecified atom stereocenters. The Labute approximate surface area is 137 Å². The summed E-state index contributed by atoms with van der Waals surface area (Å²) in [5.74, 6) is 0. The van der Waals surface area contributed by atoms with E-state index in [1.165, 1.54) is 27.8 Å². The molecule has 3 nitrogen and oxygen atoms in total. The number of benzene rings is 1. The summed E-state index contributed by atoms with van der Waals surface area (Å²) >= 11 is 0. The Morgan fingerprint density at radius 1 is 0.652 bits per heavy atom. The molecule has 0 bridgehead atoms. The van der Waals surface area contributed by atoms with Crippen LogP contribution < -0.4 is 0 Å². The molecule has 23 heavy (non-hydrogen) atoms. The van der Waals surface area contributed by atoms with Crippen molar-refractivity contribution < 1.29 is 4.48 Å². The number of quaternary nitrogens is 1. The first-order valence-corrected chi connectivity index (χ1v) is 7.76. The molecule has 3 heteroatoms. The van der Waals surface area contributed by atoms with Crippen LogP contribution in [-0.2, 0) is 6.54 Å². The monoisotopic (exact) mass is 304 g/mol. The first-order chi connectivity index (χ1) is 11.0. The van der Waals surface area contributed by atoms with Crippen LogP contribution in [0.1, 0.15) is 5.56 Å². The molecule has 116 valence electrons. The summed E-state index contributed by atoms with van der Waals surface area (Å²) in [6.45, 7) is 0.983. The average Bonchev–Trinajstić information content (AvgIpc) is 2.55. The molecule has 0 atom stereocenters. The highest BCUT2D eigenvalue weighted by Crippen LogP contribution is 2.28. The lowest BCUT2D eigenvalue weighted by molar-refractivity contribution is -0.883. The fourth-order valence-electron chi connectivity index (χ4n) is 2.75. The first-order valence-electron chi connectivity index (χ1n) is 7.76. The Hall–Kier alpha value is -2.52. The minimum atomic E-state index is 0.898. The molecule has 2 aromatic heterocycles. The van der Waals surface area contributed by atoms with Gasteiger partial charge in [0.2, 0.25) is 0 Å². The van der Waals surface area contributed by atoms with Gasteiger partial charge in [0.25, 0.3) is 0 Å². The number of rotatable bonds is 4. The van der Waals surface area contributed by atoms with Crippen molar-refractivity contribution in [3.63, 3.8) is 0 Å². The first kappa shape index (κ1) is 15.4. The molecule has 0 saturated heterocycles. The van der Waals surface area contributed by atoms with E-state index in [4.69, 9.17) is 0 Å². The Morgan fingerprint density at radius 3 is 1.48 bits per heavy atom. The predicted octanol–water partition coefficient (Wildman–Crippen LogP) is 4.02. The van der Waals surface area contributed by atoms with E-state index >= 15 is 0 Å². The third kappa shape index (κ3) is 4.02. The topological polar surface area (TPSA) is 25.8 Å². The molecule has 1 aromatic carbocycles. The van der Waals surface area contributed by atoms with Gasteiger partial charge in [-0.15, -0.1) is 0 Å². The van der Waals surface area contributed by atoms with Gasteiger partial charge in [0.05, 0.1) is 21.1 Å². The SMILES string of the molecule is C[N+](C)(C)Cc1cc(-c2ccncc2)cc(-c2ccncc2)c1. The lowest BCUT2D eigenvalue weighted by atomic mass is 9.96. The molecular formula is C20H22N3+. The third-order valence-electron chi connectivity index (χ3n) is 3.68. The van der Waals surface area contributed by atoms with E-state index in [1.807, 2.05) is 24.8 Å². The number of aromatic nitrogens is 2. The molecule has 0 radical (unpaired) electrons. The molecule has 0 N–H and O–H groups in total. The summed E-state index contributed by atoms with van der Waals surface area (Å²) in [6, 6.07) is 15.0. The van der Waals surface area contributed by atoms with Gasteiger partial charge in [-0.25, -0.2) is 0 Å². The summed E-state index contributed by atoms with van der Waals surface area (Å²) in [6.07, 6.45) is 7.36. The lowest BCUT2D eigenvalue weighted by Gasteiger charge is -2.24. The van der Waals surface area contributed by atoms with E-state index in [1.54, 1.807) is 0 Å². The second-order valence-corrected chi connectivity index (χ2v) is 6.84. The molecule has 0 spiro atoms. The summed E-state index contributed by atoms with van der Waals surface area (Å²) in [7, 11) is 6.64. The van der Waals surface area contributed by atoms with Crippen molar-refractivity contribution in [3.05, 3.63) is 72.8 Å². The van der Waals surface area contributed by atoms with Crippen LogP contribution in [0, 0.1) is 0 Å². The van der Waals surface area contributed by atoms with Crippen LogP contribution in [0.5, 0.6) is 0 Å². The van der Waals surface area contributed by atoms with E-state index in [9.17, 15) is 0 Å². The summed E-state index contributed by atoms with van der Waals surface area (Å²) in [4.78, 5) is 8.24. The van der Waals surface area contributed by atoms with Crippen LogP contribution in [-0.4, -0.2) is 35.6 Å². The fraction of sp³-hybridized carbons (Fsp3) is 0.200. The van der Waals surface area contributed by atoms with Gasteiger partial charge < -0.3 is 4.48 Å². The van der Waals surface area contributed by atoms with Crippen molar-refractivity contribution in [1.29, 1.82) is 0 Å². The Kier molecular flexibility index (Phi) is 4.22. The Bertz CT molecular complexity index is 717. The Morgan fingerprint density at radius 2 is 1.09 bits per heavy atom.